The first-order chi connectivity index (χ1) is 10.7. The van der Waals surface area contributed by atoms with Crippen LogP contribution in [0.4, 0.5) is 5.82 Å². The Balaban J connectivity index is 1.65. The van der Waals surface area contributed by atoms with Crippen molar-refractivity contribution in [3.8, 4) is 5.69 Å². The van der Waals surface area contributed by atoms with Crippen molar-refractivity contribution in [1.29, 1.82) is 0 Å². The van der Waals surface area contributed by atoms with Crippen molar-refractivity contribution in [1.82, 2.24) is 14.8 Å². The maximum atomic E-state index is 12.0. The van der Waals surface area contributed by atoms with Gasteiger partial charge in [0.2, 0.25) is 5.91 Å². The van der Waals surface area contributed by atoms with E-state index in [2.05, 4.69) is 15.4 Å². The Hall–Kier alpha value is -2.66. The van der Waals surface area contributed by atoms with Gasteiger partial charge in [-0.25, -0.2) is 9.67 Å². The molecule has 0 aliphatic rings. The zero-order chi connectivity index (χ0) is 15.4. The summed E-state index contributed by atoms with van der Waals surface area (Å²) in [5, 5.41) is 7.51. The van der Waals surface area contributed by atoms with Crippen LogP contribution in [0.25, 0.3) is 5.69 Å². The third kappa shape index (κ3) is 3.51. The van der Waals surface area contributed by atoms with Crippen LogP contribution in [0.15, 0.2) is 61.1 Å². The zero-order valence-electron chi connectivity index (χ0n) is 11.6. The Bertz CT molecular complexity index is 768. The number of halogens is 1. The largest absolute Gasteiger partial charge is 0.310 e. The lowest BCUT2D eigenvalue weighted by molar-refractivity contribution is -0.115. The molecular weight excluding hydrogens is 300 g/mol. The summed E-state index contributed by atoms with van der Waals surface area (Å²) in [5.74, 6) is 0.326. The molecule has 3 aromatic rings. The minimum absolute atomic E-state index is 0.151. The summed E-state index contributed by atoms with van der Waals surface area (Å²) < 4.78 is 1.74. The van der Waals surface area contributed by atoms with Crippen LogP contribution in [0, 0.1) is 0 Å². The minimum Gasteiger partial charge on any atom is -0.310 e. The van der Waals surface area contributed by atoms with Crippen molar-refractivity contribution in [2.45, 2.75) is 6.42 Å². The van der Waals surface area contributed by atoms with Gasteiger partial charge < -0.3 is 5.32 Å². The molecule has 5 nitrogen and oxygen atoms in total. The highest BCUT2D eigenvalue weighted by molar-refractivity contribution is 6.30. The van der Waals surface area contributed by atoms with Crippen molar-refractivity contribution in [2.24, 2.45) is 0 Å². The van der Waals surface area contributed by atoms with Gasteiger partial charge in [0.05, 0.1) is 23.3 Å². The summed E-state index contributed by atoms with van der Waals surface area (Å²) in [4.78, 5) is 16.0. The average Bonchev–Trinajstić information content (AvgIpc) is 2.99. The van der Waals surface area contributed by atoms with Crippen LogP contribution in [-0.2, 0) is 11.2 Å². The maximum absolute atomic E-state index is 12.0. The van der Waals surface area contributed by atoms with Crippen LogP contribution >= 0.6 is 11.6 Å². The molecule has 3 rings (SSSR count). The summed E-state index contributed by atoms with van der Waals surface area (Å²) in [7, 11) is 0. The van der Waals surface area contributed by atoms with E-state index in [1.54, 1.807) is 23.0 Å². The van der Waals surface area contributed by atoms with E-state index in [0.717, 1.165) is 11.3 Å². The zero-order valence-corrected chi connectivity index (χ0v) is 12.4. The van der Waals surface area contributed by atoms with E-state index >= 15 is 0 Å². The number of aromatic nitrogens is 3. The van der Waals surface area contributed by atoms with Crippen molar-refractivity contribution < 1.29 is 4.79 Å². The van der Waals surface area contributed by atoms with Gasteiger partial charge in [0, 0.05) is 12.4 Å². The van der Waals surface area contributed by atoms with Crippen LogP contribution in [0.5, 0.6) is 0 Å². The number of nitrogens with zero attached hydrogens (tertiary/aromatic N) is 3. The predicted octanol–water partition coefficient (Wildman–Crippen LogP) is 3.10. The molecule has 1 amide bonds. The number of rotatable bonds is 4. The first-order valence-corrected chi connectivity index (χ1v) is 7.09. The molecule has 0 fully saturated rings. The smallest absolute Gasteiger partial charge is 0.230 e. The fraction of sp³-hybridized carbons (Fsp3) is 0.0625. The molecule has 2 heterocycles. The third-order valence-corrected chi connectivity index (χ3v) is 3.24. The summed E-state index contributed by atoms with van der Waals surface area (Å²) >= 11 is 5.75. The standard InChI is InChI=1S/C16H13ClN4O/c17-13-6-7-15(18-10-13)20-16(22)8-12-9-19-21(11-12)14-4-2-1-3-5-14/h1-7,9-11H,8H2,(H,18,20,22). The second-order valence-electron chi connectivity index (χ2n) is 4.72. The second kappa shape index (κ2) is 6.41. The van der Waals surface area contributed by atoms with Gasteiger partial charge in [0.1, 0.15) is 5.82 Å². The molecular formula is C16H13ClN4O. The number of hydrogen-bond acceptors (Lipinski definition) is 3. The topological polar surface area (TPSA) is 59.8 Å². The molecule has 22 heavy (non-hydrogen) atoms. The van der Waals surface area contributed by atoms with Crippen LogP contribution in [0.1, 0.15) is 5.56 Å². The molecule has 0 spiro atoms. The number of carbonyl (C=O) groups excluding carboxylic acids is 1. The molecule has 0 saturated heterocycles. The van der Waals surface area contributed by atoms with E-state index in [1.165, 1.54) is 6.20 Å². The summed E-state index contributed by atoms with van der Waals surface area (Å²) in [6, 6.07) is 13.1. The number of amides is 1. The van der Waals surface area contributed by atoms with E-state index in [1.807, 2.05) is 36.5 Å². The first kappa shape index (κ1) is 14.3. The van der Waals surface area contributed by atoms with Gasteiger partial charge in [0.15, 0.2) is 0 Å². The number of pyridine rings is 1. The Labute approximate surface area is 132 Å². The van der Waals surface area contributed by atoms with Gasteiger partial charge in [-0.1, -0.05) is 29.8 Å². The van der Waals surface area contributed by atoms with Crippen molar-refractivity contribution in [2.75, 3.05) is 5.32 Å². The van der Waals surface area contributed by atoms with Gasteiger partial charge in [-0.05, 0) is 29.8 Å². The Morgan fingerprint density at radius 1 is 1.14 bits per heavy atom. The number of carbonyl (C=O) groups is 1. The molecule has 1 N–H and O–H groups in total. The Morgan fingerprint density at radius 2 is 1.95 bits per heavy atom. The second-order valence-corrected chi connectivity index (χ2v) is 5.15. The lowest BCUT2D eigenvalue weighted by Gasteiger charge is -2.03. The number of benzene rings is 1. The van der Waals surface area contributed by atoms with Gasteiger partial charge in [-0.3, -0.25) is 4.79 Å². The molecule has 0 bridgehead atoms. The minimum atomic E-state index is -0.151. The van der Waals surface area contributed by atoms with Gasteiger partial charge in [0.25, 0.3) is 0 Å². The molecule has 0 saturated carbocycles. The van der Waals surface area contributed by atoms with E-state index in [9.17, 15) is 4.79 Å². The fourth-order valence-electron chi connectivity index (χ4n) is 2.00. The molecule has 110 valence electrons. The molecule has 0 aliphatic carbocycles. The number of anilines is 1. The van der Waals surface area contributed by atoms with E-state index < -0.39 is 0 Å². The quantitative estimate of drug-likeness (QED) is 0.805. The lowest BCUT2D eigenvalue weighted by Crippen LogP contribution is -2.14. The van der Waals surface area contributed by atoms with Gasteiger partial charge >= 0.3 is 0 Å². The number of nitrogens with one attached hydrogen (secondary N) is 1. The molecule has 0 radical (unpaired) electrons. The van der Waals surface area contributed by atoms with E-state index in [4.69, 9.17) is 11.6 Å². The lowest BCUT2D eigenvalue weighted by atomic mass is 10.2. The highest BCUT2D eigenvalue weighted by Crippen LogP contribution is 2.11. The van der Waals surface area contributed by atoms with Crippen molar-refractivity contribution in [3.05, 3.63) is 71.6 Å². The number of hydrogen-bond donors (Lipinski definition) is 1. The summed E-state index contributed by atoms with van der Waals surface area (Å²) in [6.07, 6.45) is 5.24. The van der Waals surface area contributed by atoms with Crippen LogP contribution in [0.2, 0.25) is 5.02 Å². The van der Waals surface area contributed by atoms with Crippen molar-refractivity contribution in [3.63, 3.8) is 0 Å². The van der Waals surface area contributed by atoms with Crippen LogP contribution in [-0.4, -0.2) is 20.7 Å². The van der Waals surface area contributed by atoms with E-state index in [0.29, 0.717) is 10.8 Å². The predicted molar refractivity (Wildman–Crippen MR) is 85.1 cm³/mol. The monoisotopic (exact) mass is 312 g/mol. The summed E-state index contributed by atoms with van der Waals surface area (Å²) in [6.45, 7) is 0. The van der Waals surface area contributed by atoms with E-state index in [-0.39, 0.29) is 12.3 Å². The average molecular weight is 313 g/mol. The van der Waals surface area contributed by atoms with Crippen LogP contribution < -0.4 is 5.32 Å². The third-order valence-electron chi connectivity index (χ3n) is 3.02. The first-order valence-electron chi connectivity index (χ1n) is 6.71. The Morgan fingerprint density at radius 3 is 2.68 bits per heavy atom. The molecule has 0 aliphatic heterocycles. The molecule has 2 aromatic heterocycles. The molecule has 1 aromatic carbocycles. The van der Waals surface area contributed by atoms with Crippen molar-refractivity contribution >= 4 is 23.3 Å². The van der Waals surface area contributed by atoms with Gasteiger partial charge in [-0.2, -0.15) is 5.10 Å². The molecule has 0 unspecified atom stereocenters. The molecule has 6 heteroatoms. The SMILES string of the molecule is O=C(Cc1cnn(-c2ccccc2)c1)Nc1ccc(Cl)cn1. The normalized spacial score (nSPS) is 10.4. The van der Waals surface area contributed by atoms with Crippen LogP contribution in [0.3, 0.4) is 0 Å². The highest BCUT2D eigenvalue weighted by atomic mass is 35.5. The fourth-order valence-corrected chi connectivity index (χ4v) is 2.11. The number of para-hydroxylation sites is 1. The van der Waals surface area contributed by atoms with Gasteiger partial charge in [-0.15, -0.1) is 0 Å². The highest BCUT2D eigenvalue weighted by Gasteiger charge is 2.07. The maximum Gasteiger partial charge on any atom is 0.230 e. The molecule has 0 atom stereocenters. The summed E-state index contributed by atoms with van der Waals surface area (Å²) in [5.41, 5.74) is 1.78. The Kier molecular flexibility index (Phi) is 4.16.